The normalized spacial score (nSPS) is 11.3. The number of carbonyl (C=O) groups is 1. The predicted octanol–water partition coefficient (Wildman–Crippen LogP) is 1.51. The average Bonchev–Trinajstić information content (AvgIpc) is 2.39. The Kier molecular flexibility index (Phi) is 6.08. The molecule has 0 radical (unpaired) electrons. The van der Waals surface area contributed by atoms with Gasteiger partial charge in [0.05, 0.1) is 7.11 Å². The van der Waals surface area contributed by atoms with Crippen molar-refractivity contribution in [2.24, 2.45) is 0 Å². The summed E-state index contributed by atoms with van der Waals surface area (Å²) in [6, 6.07) is 6.99. The Morgan fingerprint density at radius 3 is 2.53 bits per heavy atom. The molecule has 1 aromatic carbocycles. The van der Waals surface area contributed by atoms with Crippen LogP contribution in [0.15, 0.2) is 24.3 Å². The average molecular weight is 281 g/mol. The number of benzene rings is 1. The van der Waals surface area contributed by atoms with Crippen molar-refractivity contribution in [1.82, 2.24) is 10.6 Å². The fourth-order valence-corrected chi connectivity index (χ4v) is 1.73. The van der Waals surface area contributed by atoms with E-state index < -0.39 is 0 Å². The highest BCUT2D eigenvalue weighted by atomic mass is 32.1. The highest BCUT2D eigenvalue weighted by Crippen LogP contribution is 2.14. The third-order valence-electron chi connectivity index (χ3n) is 2.44. The van der Waals surface area contributed by atoms with Crippen molar-refractivity contribution in [3.8, 4) is 5.75 Å². The number of methoxy groups -OCH3 is 1. The van der Waals surface area contributed by atoms with Gasteiger partial charge in [-0.25, -0.2) is 0 Å². The van der Waals surface area contributed by atoms with E-state index in [0.29, 0.717) is 11.7 Å². The number of ether oxygens (including phenoxy) is 1. The van der Waals surface area contributed by atoms with Crippen LogP contribution in [0.2, 0.25) is 0 Å². The van der Waals surface area contributed by atoms with Crippen molar-refractivity contribution >= 4 is 28.9 Å². The first-order valence-electron chi connectivity index (χ1n) is 6.06. The number of hydrogen-bond donors (Lipinski definition) is 3. The molecule has 0 heterocycles. The molecule has 104 valence electrons. The van der Waals surface area contributed by atoms with Crippen LogP contribution in [0.4, 0.5) is 5.69 Å². The quantitative estimate of drug-likeness (QED) is 0.714. The first kappa shape index (κ1) is 15.2. The Hall–Kier alpha value is -1.82. The highest BCUT2D eigenvalue weighted by molar-refractivity contribution is 7.80. The zero-order chi connectivity index (χ0) is 14.3. The van der Waals surface area contributed by atoms with E-state index in [-0.39, 0.29) is 11.9 Å². The first-order valence-corrected chi connectivity index (χ1v) is 6.47. The fourth-order valence-electron chi connectivity index (χ4n) is 1.43. The van der Waals surface area contributed by atoms with E-state index in [4.69, 9.17) is 17.0 Å². The maximum absolute atomic E-state index is 11.5. The fraction of sp³-hybridized carbons (Fsp3) is 0.385. The van der Waals surface area contributed by atoms with E-state index in [0.717, 1.165) is 11.4 Å². The number of likely N-dealkylation sites (N-methyl/N-ethyl adjacent to an activating group) is 1. The molecule has 3 N–H and O–H groups in total. The number of nitrogens with one attached hydrogen (secondary N) is 3. The van der Waals surface area contributed by atoms with Crippen LogP contribution in [0.3, 0.4) is 0 Å². The van der Waals surface area contributed by atoms with Gasteiger partial charge in [0, 0.05) is 12.2 Å². The summed E-state index contributed by atoms with van der Waals surface area (Å²) in [7, 11) is 1.61. The molecule has 1 atom stereocenters. The van der Waals surface area contributed by atoms with Crippen molar-refractivity contribution in [2.75, 3.05) is 19.0 Å². The van der Waals surface area contributed by atoms with E-state index in [1.165, 1.54) is 0 Å². The maximum atomic E-state index is 11.5. The lowest BCUT2D eigenvalue weighted by atomic mass is 10.3. The zero-order valence-corrected chi connectivity index (χ0v) is 12.1. The lowest BCUT2D eigenvalue weighted by molar-refractivity contribution is -0.122. The number of thiocarbonyl (C=S) groups is 1. The highest BCUT2D eigenvalue weighted by Gasteiger charge is 2.12. The molecular weight excluding hydrogens is 262 g/mol. The number of rotatable bonds is 5. The van der Waals surface area contributed by atoms with Crippen LogP contribution in [0, 0.1) is 0 Å². The molecule has 1 amide bonds. The Bertz CT molecular complexity index is 434. The summed E-state index contributed by atoms with van der Waals surface area (Å²) in [4.78, 5) is 11.5. The van der Waals surface area contributed by atoms with E-state index in [2.05, 4.69) is 16.0 Å². The van der Waals surface area contributed by atoms with Crippen LogP contribution in [0.25, 0.3) is 0 Å². The Labute approximate surface area is 118 Å². The zero-order valence-electron chi connectivity index (χ0n) is 11.3. The molecule has 5 nitrogen and oxygen atoms in total. The van der Waals surface area contributed by atoms with E-state index >= 15 is 0 Å². The summed E-state index contributed by atoms with van der Waals surface area (Å²) in [5, 5.41) is 9.06. The van der Waals surface area contributed by atoms with Crippen LogP contribution in [-0.2, 0) is 4.79 Å². The molecular formula is C13H19N3O2S. The molecule has 0 bridgehead atoms. The van der Waals surface area contributed by atoms with E-state index in [1.807, 2.05) is 31.2 Å². The maximum Gasteiger partial charge on any atom is 0.242 e. The first-order chi connectivity index (χ1) is 9.06. The van der Waals surface area contributed by atoms with Crippen molar-refractivity contribution in [1.29, 1.82) is 0 Å². The topological polar surface area (TPSA) is 62.4 Å². The van der Waals surface area contributed by atoms with Crippen LogP contribution in [-0.4, -0.2) is 30.7 Å². The third kappa shape index (κ3) is 5.13. The molecule has 0 spiro atoms. The monoisotopic (exact) mass is 281 g/mol. The summed E-state index contributed by atoms with van der Waals surface area (Å²) in [6.45, 7) is 4.23. The molecule has 0 aliphatic heterocycles. The molecule has 1 rings (SSSR count). The largest absolute Gasteiger partial charge is 0.497 e. The van der Waals surface area contributed by atoms with Crippen LogP contribution < -0.4 is 20.7 Å². The van der Waals surface area contributed by atoms with Gasteiger partial charge in [0.25, 0.3) is 0 Å². The second kappa shape index (κ2) is 7.58. The van der Waals surface area contributed by atoms with E-state index in [9.17, 15) is 4.79 Å². The van der Waals surface area contributed by atoms with Gasteiger partial charge in [-0.1, -0.05) is 0 Å². The second-order valence-electron chi connectivity index (χ2n) is 3.94. The molecule has 0 aliphatic carbocycles. The van der Waals surface area contributed by atoms with Crippen molar-refractivity contribution < 1.29 is 9.53 Å². The summed E-state index contributed by atoms with van der Waals surface area (Å²) in [5.41, 5.74) is 0.835. The Morgan fingerprint density at radius 2 is 2.00 bits per heavy atom. The van der Waals surface area contributed by atoms with Gasteiger partial charge in [-0.2, -0.15) is 0 Å². The third-order valence-corrected chi connectivity index (χ3v) is 2.66. The molecule has 19 heavy (non-hydrogen) atoms. The van der Waals surface area contributed by atoms with E-state index in [1.54, 1.807) is 14.0 Å². The van der Waals surface area contributed by atoms with Crippen molar-refractivity contribution in [3.05, 3.63) is 24.3 Å². The minimum atomic E-state index is -0.377. The van der Waals surface area contributed by atoms with Gasteiger partial charge < -0.3 is 20.7 Å². The van der Waals surface area contributed by atoms with Gasteiger partial charge >= 0.3 is 0 Å². The van der Waals surface area contributed by atoms with Gasteiger partial charge in [-0.3, -0.25) is 4.79 Å². The standard InChI is InChI=1S/C13H19N3O2S/c1-4-14-12(17)9(2)15-13(19)16-10-5-7-11(18-3)8-6-10/h5-9H,4H2,1-3H3,(H,14,17)(H2,15,16,19)/t9-/m0/s1. The SMILES string of the molecule is CCNC(=O)[C@H](C)NC(=S)Nc1ccc(OC)cc1. The number of amides is 1. The lowest BCUT2D eigenvalue weighted by Crippen LogP contribution is -2.46. The van der Waals surface area contributed by atoms with Crippen molar-refractivity contribution in [3.63, 3.8) is 0 Å². The minimum Gasteiger partial charge on any atom is -0.497 e. The van der Waals surface area contributed by atoms with Crippen LogP contribution >= 0.6 is 12.2 Å². The molecule has 1 aromatic rings. The molecule has 0 aromatic heterocycles. The van der Waals surface area contributed by atoms with Gasteiger partial charge in [-0.05, 0) is 50.3 Å². The second-order valence-corrected chi connectivity index (χ2v) is 4.35. The van der Waals surface area contributed by atoms with Crippen LogP contribution in [0.1, 0.15) is 13.8 Å². The van der Waals surface area contributed by atoms with Gasteiger partial charge in [0.15, 0.2) is 5.11 Å². The number of hydrogen-bond acceptors (Lipinski definition) is 3. The summed E-state index contributed by atoms with van der Waals surface area (Å²) >= 11 is 5.14. The summed E-state index contributed by atoms with van der Waals surface area (Å²) in [5.74, 6) is 0.696. The number of carbonyl (C=O) groups excluding carboxylic acids is 1. The molecule has 0 saturated heterocycles. The van der Waals surface area contributed by atoms with Gasteiger partial charge in [-0.15, -0.1) is 0 Å². The lowest BCUT2D eigenvalue weighted by Gasteiger charge is -2.16. The van der Waals surface area contributed by atoms with Crippen LogP contribution in [0.5, 0.6) is 5.75 Å². The summed E-state index contributed by atoms with van der Waals surface area (Å²) < 4.78 is 5.07. The summed E-state index contributed by atoms with van der Waals surface area (Å²) in [6.07, 6.45) is 0. The molecule has 0 unspecified atom stereocenters. The molecule has 0 fully saturated rings. The number of anilines is 1. The van der Waals surface area contributed by atoms with Gasteiger partial charge in [0.1, 0.15) is 11.8 Å². The minimum absolute atomic E-state index is 0.0821. The van der Waals surface area contributed by atoms with Gasteiger partial charge in [0.2, 0.25) is 5.91 Å². The molecule has 6 heteroatoms. The Balaban J connectivity index is 2.48. The molecule has 0 saturated carbocycles. The molecule has 0 aliphatic rings. The Morgan fingerprint density at radius 1 is 1.37 bits per heavy atom. The van der Waals surface area contributed by atoms with Crippen molar-refractivity contribution in [2.45, 2.75) is 19.9 Å². The smallest absolute Gasteiger partial charge is 0.242 e. The predicted molar refractivity (Wildman–Crippen MR) is 80.5 cm³/mol.